The summed E-state index contributed by atoms with van der Waals surface area (Å²) in [6, 6.07) is 9.15. The fourth-order valence-electron chi connectivity index (χ4n) is 1.39. The van der Waals surface area contributed by atoms with E-state index in [0.717, 1.165) is 5.56 Å². The Bertz CT molecular complexity index is 519. The molecule has 3 nitrogen and oxygen atoms in total. The van der Waals surface area contributed by atoms with E-state index in [9.17, 15) is 4.79 Å². The summed E-state index contributed by atoms with van der Waals surface area (Å²) in [6.45, 7) is 1.46. The normalized spacial score (nSPS) is 10.4. The Hall–Kier alpha value is -1.61. The SMILES string of the molecule is CC(=O)c1cc(Cc2ccccc2Cl)on1. The van der Waals surface area contributed by atoms with Crippen molar-refractivity contribution in [2.24, 2.45) is 0 Å². The van der Waals surface area contributed by atoms with Crippen molar-refractivity contribution in [3.8, 4) is 0 Å². The Morgan fingerprint density at radius 1 is 1.44 bits per heavy atom. The van der Waals surface area contributed by atoms with Crippen LogP contribution in [0, 0.1) is 0 Å². The highest BCUT2D eigenvalue weighted by Gasteiger charge is 2.09. The Labute approximate surface area is 98.0 Å². The van der Waals surface area contributed by atoms with Crippen molar-refractivity contribution in [2.45, 2.75) is 13.3 Å². The molecule has 0 radical (unpaired) electrons. The van der Waals surface area contributed by atoms with Crippen LogP contribution >= 0.6 is 11.6 Å². The maximum Gasteiger partial charge on any atom is 0.181 e. The summed E-state index contributed by atoms with van der Waals surface area (Å²) in [7, 11) is 0. The van der Waals surface area contributed by atoms with Gasteiger partial charge in [-0.2, -0.15) is 0 Å². The van der Waals surface area contributed by atoms with Gasteiger partial charge in [-0.3, -0.25) is 4.79 Å². The highest BCUT2D eigenvalue weighted by molar-refractivity contribution is 6.31. The largest absolute Gasteiger partial charge is 0.360 e. The third-order valence-corrected chi connectivity index (χ3v) is 2.61. The molecule has 1 heterocycles. The minimum Gasteiger partial charge on any atom is -0.360 e. The molecular formula is C12H10ClNO2. The first kappa shape index (κ1) is 10.9. The van der Waals surface area contributed by atoms with Crippen molar-refractivity contribution < 1.29 is 9.32 Å². The topological polar surface area (TPSA) is 43.1 Å². The lowest BCUT2D eigenvalue weighted by Crippen LogP contribution is -1.90. The summed E-state index contributed by atoms with van der Waals surface area (Å²) in [4.78, 5) is 11.0. The maximum atomic E-state index is 11.0. The third kappa shape index (κ3) is 2.31. The first-order chi connectivity index (χ1) is 7.66. The molecule has 0 atom stereocenters. The summed E-state index contributed by atoms with van der Waals surface area (Å²) < 4.78 is 5.06. The van der Waals surface area contributed by atoms with E-state index >= 15 is 0 Å². The summed E-state index contributed by atoms with van der Waals surface area (Å²) in [5, 5.41) is 4.36. The number of benzene rings is 1. The second-order valence-corrected chi connectivity index (χ2v) is 3.91. The van der Waals surface area contributed by atoms with E-state index in [-0.39, 0.29) is 5.78 Å². The van der Waals surface area contributed by atoms with Gasteiger partial charge in [0.25, 0.3) is 0 Å². The Kier molecular flexibility index (Phi) is 3.06. The molecule has 0 unspecified atom stereocenters. The fraction of sp³-hybridized carbons (Fsp3) is 0.167. The molecule has 0 aliphatic heterocycles. The van der Waals surface area contributed by atoms with Crippen LogP contribution < -0.4 is 0 Å². The van der Waals surface area contributed by atoms with E-state index in [4.69, 9.17) is 16.1 Å². The van der Waals surface area contributed by atoms with Gasteiger partial charge in [0.2, 0.25) is 0 Å². The van der Waals surface area contributed by atoms with Gasteiger partial charge >= 0.3 is 0 Å². The van der Waals surface area contributed by atoms with Gasteiger partial charge in [0, 0.05) is 24.4 Å². The number of carbonyl (C=O) groups is 1. The second kappa shape index (κ2) is 4.49. The number of carbonyl (C=O) groups excluding carboxylic acids is 1. The Balaban J connectivity index is 2.21. The zero-order valence-electron chi connectivity index (χ0n) is 8.74. The molecular weight excluding hydrogens is 226 g/mol. The van der Waals surface area contributed by atoms with Gasteiger partial charge in [0.05, 0.1) is 0 Å². The standard InChI is InChI=1S/C12H10ClNO2/c1-8(15)12-7-10(16-14-12)6-9-4-2-3-5-11(9)13/h2-5,7H,6H2,1H3. The summed E-state index contributed by atoms with van der Waals surface area (Å²) >= 11 is 6.01. The van der Waals surface area contributed by atoms with Gasteiger partial charge in [-0.1, -0.05) is 35.0 Å². The molecule has 0 amide bonds. The third-order valence-electron chi connectivity index (χ3n) is 2.24. The molecule has 0 fully saturated rings. The van der Waals surface area contributed by atoms with Crippen LogP contribution in [0.1, 0.15) is 28.7 Å². The number of nitrogens with zero attached hydrogens (tertiary/aromatic N) is 1. The van der Waals surface area contributed by atoms with Crippen LogP contribution in [0.2, 0.25) is 5.02 Å². The molecule has 0 aliphatic carbocycles. The molecule has 2 aromatic rings. The van der Waals surface area contributed by atoms with Gasteiger partial charge in [0.1, 0.15) is 11.5 Å². The van der Waals surface area contributed by atoms with E-state index in [1.807, 2.05) is 24.3 Å². The smallest absolute Gasteiger partial charge is 0.181 e. The number of rotatable bonds is 3. The second-order valence-electron chi connectivity index (χ2n) is 3.50. The molecule has 2 rings (SSSR count). The first-order valence-electron chi connectivity index (χ1n) is 4.87. The van der Waals surface area contributed by atoms with Gasteiger partial charge in [-0.05, 0) is 11.6 Å². The molecule has 16 heavy (non-hydrogen) atoms. The van der Waals surface area contributed by atoms with E-state index < -0.39 is 0 Å². The molecule has 0 aliphatic rings. The number of aromatic nitrogens is 1. The molecule has 4 heteroatoms. The number of ketones is 1. The minimum absolute atomic E-state index is 0.103. The van der Waals surface area contributed by atoms with Crippen molar-refractivity contribution in [1.29, 1.82) is 0 Å². The monoisotopic (exact) mass is 235 g/mol. The van der Waals surface area contributed by atoms with Crippen molar-refractivity contribution in [3.63, 3.8) is 0 Å². The van der Waals surface area contributed by atoms with E-state index in [2.05, 4.69) is 5.16 Å². The molecule has 1 aromatic heterocycles. The summed E-state index contributed by atoms with van der Waals surface area (Å²) in [5.74, 6) is 0.535. The molecule has 0 saturated carbocycles. The minimum atomic E-state index is -0.103. The van der Waals surface area contributed by atoms with Crippen LogP contribution in [0.5, 0.6) is 0 Å². The first-order valence-corrected chi connectivity index (χ1v) is 5.24. The van der Waals surface area contributed by atoms with Crippen LogP contribution in [0.4, 0.5) is 0 Å². The quantitative estimate of drug-likeness (QED) is 0.768. The zero-order chi connectivity index (χ0) is 11.5. The summed E-state index contributed by atoms with van der Waals surface area (Å²) in [5.41, 5.74) is 1.30. The van der Waals surface area contributed by atoms with Crippen LogP contribution in [-0.2, 0) is 6.42 Å². The lowest BCUT2D eigenvalue weighted by Gasteiger charge is -1.99. The molecule has 0 saturated heterocycles. The highest BCUT2D eigenvalue weighted by atomic mass is 35.5. The lowest BCUT2D eigenvalue weighted by atomic mass is 10.1. The van der Waals surface area contributed by atoms with Gasteiger partial charge < -0.3 is 4.52 Å². The van der Waals surface area contributed by atoms with Gasteiger partial charge in [-0.15, -0.1) is 0 Å². The number of halogens is 1. The predicted molar refractivity (Wildman–Crippen MR) is 60.8 cm³/mol. The fourth-order valence-corrected chi connectivity index (χ4v) is 1.59. The van der Waals surface area contributed by atoms with Crippen molar-refractivity contribution in [3.05, 3.63) is 52.4 Å². The number of Topliss-reactive ketones (excluding diaryl/α,β-unsaturated/α-hetero) is 1. The Morgan fingerprint density at radius 3 is 2.81 bits per heavy atom. The number of hydrogen-bond donors (Lipinski definition) is 0. The van der Waals surface area contributed by atoms with Crippen molar-refractivity contribution >= 4 is 17.4 Å². The van der Waals surface area contributed by atoms with Crippen LogP contribution in [0.25, 0.3) is 0 Å². The summed E-state index contributed by atoms with van der Waals surface area (Å²) in [6.07, 6.45) is 0.542. The average Bonchev–Trinajstić information content (AvgIpc) is 2.70. The molecule has 0 N–H and O–H groups in total. The molecule has 0 spiro atoms. The molecule has 1 aromatic carbocycles. The lowest BCUT2D eigenvalue weighted by molar-refractivity contribution is 0.100. The predicted octanol–water partition coefficient (Wildman–Crippen LogP) is 3.12. The van der Waals surface area contributed by atoms with Crippen molar-refractivity contribution in [1.82, 2.24) is 5.16 Å². The highest BCUT2D eigenvalue weighted by Crippen LogP contribution is 2.19. The molecule has 82 valence electrons. The van der Waals surface area contributed by atoms with Crippen LogP contribution in [0.15, 0.2) is 34.9 Å². The van der Waals surface area contributed by atoms with Crippen LogP contribution in [0.3, 0.4) is 0 Å². The van der Waals surface area contributed by atoms with Gasteiger partial charge in [-0.25, -0.2) is 0 Å². The van der Waals surface area contributed by atoms with Crippen LogP contribution in [-0.4, -0.2) is 10.9 Å². The number of hydrogen-bond acceptors (Lipinski definition) is 3. The van der Waals surface area contributed by atoms with Crippen molar-refractivity contribution in [2.75, 3.05) is 0 Å². The maximum absolute atomic E-state index is 11.0. The van der Waals surface area contributed by atoms with Gasteiger partial charge in [0.15, 0.2) is 5.78 Å². The Morgan fingerprint density at radius 2 is 2.19 bits per heavy atom. The van der Waals surface area contributed by atoms with E-state index in [1.54, 1.807) is 6.07 Å². The van der Waals surface area contributed by atoms with E-state index in [0.29, 0.717) is 22.9 Å². The molecule has 0 bridgehead atoms. The average molecular weight is 236 g/mol. The zero-order valence-corrected chi connectivity index (χ0v) is 9.49. The van der Waals surface area contributed by atoms with E-state index in [1.165, 1.54) is 6.92 Å².